The van der Waals surface area contributed by atoms with Gasteiger partial charge in [0.25, 0.3) is 5.91 Å². The number of nitrogens with one attached hydrogen (secondary N) is 1. The van der Waals surface area contributed by atoms with Crippen molar-refractivity contribution in [3.63, 3.8) is 0 Å². The minimum Gasteiger partial charge on any atom is -0.353 e. The van der Waals surface area contributed by atoms with Crippen LogP contribution in [-0.2, 0) is 0 Å². The van der Waals surface area contributed by atoms with Crippen LogP contribution < -0.4 is 15.1 Å². The molecule has 1 aromatic carbocycles. The molecule has 1 saturated heterocycles. The summed E-state index contributed by atoms with van der Waals surface area (Å²) in [6.07, 6.45) is 1.81. The first-order valence-corrected chi connectivity index (χ1v) is 9.73. The lowest BCUT2D eigenvalue weighted by Crippen LogP contribution is -2.47. The highest BCUT2D eigenvalue weighted by molar-refractivity contribution is 6.02. The molecule has 0 radical (unpaired) electrons. The molecule has 1 fully saturated rings. The standard InChI is InChI=1S/C22H24N6O/c1-16-13-17(2)15-18(14-16)24-22(29)19-6-7-21(26-25-19)28-11-9-27(10-12-28)20-5-3-4-8-23-20/h3-8,13-15H,9-12H2,1-2H3,(H,24,29). The Morgan fingerprint density at radius 3 is 2.14 bits per heavy atom. The van der Waals surface area contributed by atoms with E-state index >= 15 is 0 Å². The quantitative estimate of drug-likeness (QED) is 0.740. The van der Waals surface area contributed by atoms with E-state index in [1.807, 2.05) is 56.4 Å². The lowest BCUT2D eigenvalue weighted by atomic mass is 10.1. The van der Waals surface area contributed by atoms with Crippen LogP contribution in [0.3, 0.4) is 0 Å². The number of rotatable bonds is 4. The fourth-order valence-electron chi connectivity index (χ4n) is 3.56. The predicted octanol–water partition coefficient (Wildman–Crippen LogP) is 3.07. The maximum atomic E-state index is 12.5. The van der Waals surface area contributed by atoms with Gasteiger partial charge in [-0.1, -0.05) is 12.1 Å². The van der Waals surface area contributed by atoms with Crippen LogP contribution in [-0.4, -0.2) is 47.3 Å². The Hall–Kier alpha value is -3.48. The van der Waals surface area contributed by atoms with Crippen LogP contribution in [0.25, 0.3) is 0 Å². The molecule has 1 amide bonds. The van der Waals surface area contributed by atoms with Gasteiger partial charge < -0.3 is 15.1 Å². The number of carbonyl (C=O) groups excluding carboxylic acids is 1. The Balaban J connectivity index is 1.37. The lowest BCUT2D eigenvalue weighted by molar-refractivity contribution is 0.102. The monoisotopic (exact) mass is 388 g/mol. The first-order valence-electron chi connectivity index (χ1n) is 9.73. The molecule has 1 aliphatic rings. The average Bonchev–Trinajstić information content (AvgIpc) is 2.74. The van der Waals surface area contributed by atoms with Gasteiger partial charge in [-0.15, -0.1) is 10.2 Å². The molecule has 7 heteroatoms. The molecule has 0 spiro atoms. The number of piperazine rings is 1. The highest BCUT2D eigenvalue weighted by Gasteiger charge is 2.19. The molecule has 3 aromatic rings. The molecule has 29 heavy (non-hydrogen) atoms. The van der Waals surface area contributed by atoms with E-state index in [9.17, 15) is 4.79 Å². The molecule has 2 aromatic heterocycles. The second-order valence-electron chi connectivity index (χ2n) is 7.27. The van der Waals surface area contributed by atoms with E-state index in [-0.39, 0.29) is 5.91 Å². The summed E-state index contributed by atoms with van der Waals surface area (Å²) in [4.78, 5) is 21.3. The van der Waals surface area contributed by atoms with E-state index in [1.54, 1.807) is 6.07 Å². The van der Waals surface area contributed by atoms with Crippen LogP contribution in [0.15, 0.2) is 54.7 Å². The Bertz CT molecular complexity index is 962. The van der Waals surface area contributed by atoms with Crippen molar-refractivity contribution in [2.75, 3.05) is 41.3 Å². The number of hydrogen-bond donors (Lipinski definition) is 1. The number of aromatic nitrogens is 3. The van der Waals surface area contributed by atoms with Gasteiger partial charge in [0.05, 0.1) is 0 Å². The number of hydrogen-bond acceptors (Lipinski definition) is 6. The Morgan fingerprint density at radius 2 is 1.55 bits per heavy atom. The van der Waals surface area contributed by atoms with E-state index in [0.29, 0.717) is 5.69 Å². The van der Waals surface area contributed by atoms with Crippen LogP contribution in [0.1, 0.15) is 21.6 Å². The molecule has 0 aliphatic carbocycles. The second-order valence-corrected chi connectivity index (χ2v) is 7.27. The van der Waals surface area contributed by atoms with Crippen molar-refractivity contribution in [3.05, 3.63) is 71.5 Å². The van der Waals surface area contributed by atoms with Crippen LogP contribution in [0.5, 0.6) is 0 Å². The minimum absolute atomic E-state index is 0.256. The zero-order valence-electron chi connectivity index (χ0n) is 16.7. The molecule has 0 bridgehead atoms. The SMILES string of the molecule is Cc1cc(C)cc(NC(=O)c2ccc(N3CCN(c4ccccn4)CC3)nn2)c1. The Labute approximate surface area is 170 Å². The third-order valence-electron chi connectivity index (χ3n) is 4.94. The maximum Gasteiger partial charge on any atom is 0.276 e. The van der Waals surface area contributed by atoms with E-state index in [1.165, 1.54) is 0 Å². The van der Waals surface area contributed by atoms with Gasteiger partial charge in [0.1, 0.15) is 5.82 Å². The number of aryl methyl sites for hydroxylation is 2. The zero-order chi connectivity index (χ0) is 20.2. The number of amides is 1. The summed E-state index contributed by atoms with van der Waals surface area (Å²) < 4.78 is 0. The van der Waals surface area contributed by atoms with Gasteiger partial charge in [0, 0.05) is 38.1 Å². The van der Waals surface area contributed by atoms with Crippen LogP contribution in [0.2, 0.25) is 0 Å². The largest absolute Gasteiger partial charge is 0.353 e. The van der Waals surface area contributed by atoms with Crippen molar-refractivity contribution in [2.24, 2.45) is 0 Å². The number of carbonyl (C=O) groups is 1. The fourth-order valence-corrected chi connectivity index (χ4v) is 3.56. The van der Waals surface area contributed by atoms with Crippen molar-refractivity contribution in [1.82, 2.24) is 15.2 Å². The highest BCUT2D eigenvalue weighted by atomic mass is 16.1. The molecule has 1 N–H and O–H groups in total. The van der Waals surface area contributed by atoms with Gasteiger partial charge in [-0.05, 0) is 61.4 Å². The smallest absolute Gasteiger partial charge is 0.276 e. The molecule has 3 heterocycles. The summed E-state index contributed by atoms with van der Waals surface area (Å²) in [5.41, 5.74) is 3.28. The van der Waals surface area contributed by atoms with Gasteiger partial charge >= 0.3 is 0 Å². The maximum absolute atomic E-state index is 12.5. The average molecular weight is 388 g/mol. The number of anilines is 3. The van der Waals surface area contributed by atoms with Gasteiger partial charge in [0.15, 0.2) is 11.5 Å². The minimum atomic E-state index is -0.256. The van der Waals surface area contributed by atoms with Crippen molar-refractivity contribution >= 4 is 23.2 Å². The molecule has 7 nitrogen and oxygen atoms in total. The van der Waals surface area contributed by atoms with Gasteiger partial charge in [-0.3, -0.25) is 4.79 Å². The number of benzene rings is 1. The molecule has 1 aliphatic heterocycles. The number of pyridine rings is 1. The van der Waals surface area contributed by atoms with E-state index in [0.717, 1.165) is 54.6 Å². The third kappa shape index (κ3) is 4.51. The van der Waals surface area contributed by atoms with Crippen LogP contribution in [0.4, 0.5) is 17.3 Å². The van der Waals surface area contributed by atoms with E-state index in [4.69, 9.17) is 0 Å². The van der Waals surface area contributed by atoms with Crippen molar-refractivity contribution in [1.29, 1.82) is 0 Å². The van der Waals surface area contributed by atoms with Crippen LogP contribution in [0, 0.1) is 13.8 Å². The molecule has 4 rings (SSSR count). The zero-order valence-corrected chi connectivity index (χ0v) is 16.7. The molecular weight excluding hydrogens is 364 g/mol. The van der Waals surface area contributed by atoms with Crippen molar-refractivity contribution in [2.45, 2.75) is 13.8 Å². The van der Waals surface area contributed by atoms with Gasteiger partial charge in [-0.25, -0.2) is 4.98 Å². The molecule has 0 unspecified atom stereocenters. The summed E-state index contributed by atoms with van der Waals surface area (Å²) in [7, 11) is 0. The Morgan fingerprint density at radius 1 is 0.862 bits per heavy atom. The fraction of sp³-hybridized carbons (Fsp3) is 0.273. The summed E-state index contributed by atoms with van der Waals surface area (Å²) >= 11 is 0. The summed E-state index contributed by atoms with van der Waals surface area (Å²) in [5.74, 6) is 1.53. The van der Waals surface area contributed by atoms with Crippen LogP contribution >= 0.6 is 0 Å². The van der Waals surface area contributed by atoms with Gasteiger partial charge in [0.2, 0.25) is 0 Å². The first-order chi connectivity index (χ1) is 14.1. The first kappa shape index (κ1) is 18.9. The predicted molar refractivity (Wildman–Crippen MR) is 115 cm³/mol. The lowest BCUT2D eigenvalue weighted by Gasteiger charge is -2.35. The summed E-state index contributed by atoms with van der Waals surface area (Å²) in [6.45, 7) is 7.41. The highest BCUT2D eigenvalue weighted by Crippen LogP contribution is 2.18. The molecule has 148 valence electrons. The Kier molecular flexibility index (Phi) is 5.37. The van der Waals surface area contributed by atoms with Crippen molar-refractivity contribution in [3.8, 4) is 0 Å². The van der Waals surface area contributed by atoms with Gasteiger partial charge in [-0.2, -0.15) is 0 Å². The molecule has 0 saturated carbocycles. The van der Waals surface area contributed by atoms with Crippen molar-refractivity contribution < 1.29 is 4.79 Å². The number of nitrogens with zero attached hydrogens (tertiary/aromatic N) is 5. The molecule has 0 atom stereocenters. The topological polar surface area (TPSA) is 74.2 Å². The normalized spacial score (nSPS) is 14.0. The second kappa shape index (κ2) is 8.26. The molecular formula is C22H24N6O. The summed E-state index contributed by atoms with van der Waals surface area (Å²) in [5, 5.41) is 11.3. The summed E-state index contributed by atoms with van der Waals surface area (Å²) in [6, 6.07) is 15.5. The third-order valence-corrected chi connectivity index (χ3v) is 4.94. The van der Waals surface area contributed by atoms with E-state index in [2.05, 4.69) is 36.4 Å². The van der Waals surface area contributed by atoms with E-state index < -0.39 is 0 Å².